The Labute approximate surface area is 209 Å². The van der Waals surface area contributed by atoms with E-state index in [0.717, 1.165) is 62.0 Å². The van der Waals surface area contributed by atoms with Crippen molar-refractivity contribution in [1.82, 2.24) is 4.31 Å². The molecular formula is C29H36N2O3S. The van der Waals surface area contributed by atoms with E-state index in [4.69, 9.17) is 4.42 Å². The van der Waals surface area contributed by atoms with E-state index in [1.807, 2.05) is 30.3 Å². The summed E-state index contributed by atoms with van der Waals surface area (Å²) in [6.45, 7) is 5.90. The Morgan fingerprint density at radius 3 is 2.57 bits per heavy atom. The quantitative estimate of drug-likeness (QED) is 0.378. The minimum atomic E-state index is -3.64. The summed E-state index contributed by atoms with van der Waals surface area (Å²) in [4.78, 5) is 2.83. The summed E-state index contributed by atoms with van der Waals surface area (Å²) >= 11 is 0. The van der Waals surface area contributed by atoms with Crippen molar-refractivity contribution in [3.63, 3.8) is 0 Å². The average Bonchev–Trinajstić information content (AvgIpc) is 3.57. The summed E-state index contributed by atoms with van der Waals surface area (Å²) < 4.78 is 35.3. The SMILES string of the molecule is CCN1c2ccc(CN(C3CCCC3)S(=O)(=O)c3cccc(Cc4ccco4)c3)cc2CCC1C. The molecule has 6 heteroatoms. The monoisotopic (exact) mass is 492 g/mol. The van der Waals surface area contributed by atoms with Gasteiger partial charge in [0.25, 0.3) is 0 Å². The lowest BCUT2D eigenvalue weighted by Crippen LogP contribution is -2.39. The number of sulfonamides is 1. The molecule has 0 amide bonds. The van der Waals surface area contributed by atoms with Crippen LogP contribution in [-0.2, 0) is 29.4 Å². The number of aryl methyl sites for hydroxylation is 1. The van der Waals surface area contributed by atoms with Gasteiger partial charge < -0.3 is 9.32 Å². The zero-order chi connectivity index (χ0) is 24.4. The van der Waals surface area contributed by atoms with E-state index in [9.17, 15) is 8.42 Å². The Hall–Kier alpha value is -2.57. The van der Waals surface area contributed by atoms with Gasteiger partial charge in [0.2, 0.25) is 10.0 Å². The topological polar surface area (TPSA) is 53.8 Å². The lowest BCUT2D eigenvalue weighted by molar-refractivity contribution is 0.316. The smallest absolute Gasteiger partial charge is 0.243 e. The van der Waals surface area contributed by atoms with Crippen LogP contribution in [0.4, 0.5) is 5.69 Å². The Morgan fingerprint density at radius 2 is 1.83 bits per heavy atom. The highest BCUT2D eigenvalue weighted by atomic mass is 32.2. The van der Waals surface area contributed by atoms with Gasteiger partial charge in [-0.15, -0.1) is 0 Å². The average molecular weight is 493 g/mol. The van der Waals surface area contributed by atoms with Crippen molar-refractivity contribution in [1.29, 1.82) is 0 Å². The molecule has 1 aliphatic heterocycles. The first-order chi connectivity index (χ1) is 17.0. The number of fused-ring (bicyclic) bond motifs is 1. The molecule has 0 N–H and O–H groups in total. The second-order valence-corrected chi connectivity index (χ2v) is 11.9. The van der Waals surface area contributed by atoms with Gasteiger partial charge in [-0.2, -0.15) is 4.31 Å². The van der Waals surface area contributed by atoms with E-state index in [-0.39, 0.29) is 6.04 Å². The molecular weight excluding hydrogens is 456 g/mol. The number of nitrogens with zero attached hydrogens (tertiary/aromatic N) is 2. The number of furan rings is 1. The van der Waals surface area contributed by atoms with Gasteiger partial charge in [-0.1, -0.05) is 37.1 Å². The van der Waals surface area contributed by atoms with Crippen molar-refractivity contribution in [2.45, 2.75) is 82.3 Å². The molecule has 0 bridgehead atoms. The third-order valence-electron chi connectivity index (χ3n) is 7.69. The molecule has 1 unspecified atom stereocenters. The molecule has 0 saturated heterocycles. The Bertz CT molecular complexity index is 1250. The van der Waals surface area contributed by atoms with E-state index in [0.29, 0.717) is 23.9 Å². The molecule has 1 aliphatic carbocycles. The highest BCUT2D eigenvalue weighted by Crippen LogP contribution is 2.34. The van der Waals surface area contributed by atoms with Crippen LogP contribution in [0.2, 0.25) is 0 Å². The Kier molecular flexibility index (Phi) is 7.03. The molecule has 1 fully saturated rings. The second-order valence-electron chi connectivity index (χ2n) is 10.0. The van der Waals surface area contributed by atoms with Crippen LogP contribution in [0.3, 0.4) is 0 Å². The number of hydrogen-bond donors (Lipinski definition) is 0. The van der Waals surface area contributed by atoms with Crippen LogP contribution in [0, 0.1) is 0 Å². The summed E-state index contributed by atoms with van der Waals surface area (Å²) in [5.41, 5.74) is 4.66. The van der Waals surface area contributed by atoms with Crippen LogP contribution in [0.25, 0.3) is 0 Å². The Morgan fingerprint density at radius 1 is 1.00 bits per heavy atom. The van der Waals surface area contributed by atoms with Crippen LogP contribution >= 0.6 is 0 Å². The van der Waals surface area contributed by atoms with Gasteiger partial charge in [0.15, 0.2) is 0 Å². The number of hydrogen-bond acceptors (Lipinski definition) is 4. The van der Waals surface area contributed by atoms with Crippen molar-refractivity contribution in [3.8, 4) is 0 Å². The lowest BCUT2D eigenvalue weighted by Gasteiger charge is -2.37. The van der Waals surface area contributed by atoms with Gasteiger partial charge in [-0.3, -0.25) is 0 Å². The largest absolute Gasteiger partial charge is 0.469 e. The van der Waals surface area contributed by atoms with Gasteiger partial charge in [0.1, 0.15) is 5.76 Å². The molecule has 1 atom stereocenters. The summed E-state index contributed by atoms with van der Waals surface area (Å²) in [5.74, 6) is 0.830. The van der Waals surface area contributed by atoms with Crippen LogP contribution in [0.1, 0.15) is 68.4 Å². The van der Waals surface area contributed by atoms with Gasteiger partial charge in [-0.05, 0) is 86.6 Å². The predicted molar refractivity (Wildman–Crippen MR) is 140 cm³/mol. The van der Waals surface area contributed by atoms with Gasteiger partial charge in [0.05, 0.1) is 11.2 Å². The molecule has 0 spiro atoms. The highest BCUT2D eigenvalue weighted by molar-refractivity contribution is 7.89. The Balaban J connectivity index is 1.44. The highest BCUT2D eigenvalue weighted by Gasteiger charge is 2.34. The van der Waals surface area contributed by atoms with Crippen molar-refractivity contribution >= 4 is 15.7 Å². The van der Waals surface area contributed by atoms with E-state index in [1.165, 1.54) is 11.3 Å². The van der Waals surface area contributed by atoms with Crippen molar-refractivity contribution in [2.75, 3.05) is 11.4 Å². The molecule has 0 radical (unpaired) electrons. The zero-order valence-electron chi connectivity index (χ0n) is 20.8. The molecule has 186 valence electrons. The molecule has 5 nitrogen and oxygen atoms in total. The first-order valence-corrected chi connectivity index (χ1v) is 14.4. The molecule has 35 heavy (non-hydrogen) atoms. The van der Waals surface area contributed by atoms with Gasteiger partial charge >= 0.3 is 0 Å². The maximum absolute atomic E-state index is 14.0. The normalized spacial score (nSPS) is 18.8. The number of rotatable bonds is 8. The van der Waals surface area contributed by atoms with Gasteiger partial charge in [0, 0.05) is 37.3 Å². The maximum Gasteiger partial charge on any atom is 0.243 e. The summed E-state index contributed by atoms with van der Waals surface area (Å²) in [6, 6.07) is 18.3. The fourth-order valence-electron chi connectivity index (χ4n) is 5.81. The first kappa shape index (κ1) is 24.1. The molecule has 2 heterocycles. The van der Waals surface area contributed by atoms with Crippen LogP contribution in [0.5, 0.6) is 0 Å². The van der Waals surface area contributed by atoms with Crippen molar-refractivity contribution in [3.05, 3.63) is 83.3 Å². The van der Waals surface area contributed by atoms with Crippen molar-refractivity contribution in [2.24, 2.45) is 0 Å². The summed E-state index contributed by atoms with van der Waals surface area (Å²) in [5, 5.41) is 0. The zero-order valence-corrected chi connectivity index (χ0v) is 21.6. The summed E-state index contributed by atoms with van der Waals surface area (Å²) in [6.07, 6.45) is 8.44. The minimum absolute atomic E-state index is 0.0527. The third-order valence-corrected chi connectivity index (χ3v) is 9.59. The van der Waals surface area contributed by atoms with E-state index >= 15 is 0 Å². The molecule has 2 aromatic carbocycles. The molecule has 1 aromatic heterocycles. The third kappa shape index (κ3) is 5.05. The number of anilines is 1. The number of benzene rings is 2. The fourth-order valence-corrected chi connectivity index (χ4v) is 7.55. The molecule has 2 aliphatic rings. The van der Waals surface area contributed by atoms with Crippen molar-refractivity contribution < 1.29 is 12.8 Å². The molecule has 3 aromatic rings. The van der Waals surface area contributed by atoms with Crippen LogP contribution < -0.4 is 4.90 Å². The lowest BCUT2D eigenvalue weighted by atomic mass is 9.95. The second kappa shape index (κ2) is 10.2. The first-order valence-electron chi connectivity index (χ1n) is 13.0. The molecule has 5 rings (SSSR count). The fraction of sp³-hybridized carbons (Fsp3) is 0.448. The predicted octanol–water partition coefficient (Wildman–Crippen LogP) is 6.16. The molecule has 1 saturated carbocycles. The standard InChI is InChI=1S/C29H36N2O3S/c1-3-30-22(2)13-15-25-18-24(14-16-29(25)30)21-31(26-9-4-5-10-26)35(32,33)28-12-6-8-23(20-28)19-27-11-7-17-34-27/h6-8,11-12,14,16-18,20,22,26H,3-5,9-10,13,15,19,21H2,1-2H3. The minimum Gasteiger partial charge on any atom is -0.469 e. The van der Waals surface area contributed by atoms with Crippen LogP contribution in [0.15, 0.2) is 70.2 Å². The van der Waals surface area contributed by atoms with Crippen LogP contribution in [-0.4, -0.2) is 31.4 Å². The van der Waals surface area contributed by atoms with E-state index < -0.39 is 10.0 Å². The maximum atomic E-state index is 14.0. The van der Waals surface area contributed by atoms with E-state index in [2.05, 4.69) is 36.9 Å². The van der Waals surface area contributed by atoms with E-state index in [1.54, 1.807) is 16.6 Å². The summed E-state index contributed by atoms with van der Waals surface area (Å²) in [7, 11) is -3.64. The van der Waals surface area contributed by atoms with Gasteiger partial charge in [-0.25, -0.2) is 8.42 Å².